The maximum Gasteiger partial charge on any atom is 0.322 e. The van der Waals surface area contributed by atoms with Gasteiger partial charge in [0, 0.05) is 18.4 Å². The molecule has 31 heavy (non-hydrogen) atoms. The Labute approximate surface area is 181 Å². The zero-order chi connectivity index (χ0) is 22.0. The van der Waals surface area contributed by atoms with Gasteiger partial charge in [0.25, 0.3) is 5.89 Å². The number of ether oxygens (including phenoxy) is 1. The maximum atomic E-state index is 12.9. The Morgan fingerprint density at radius 2 is 1.68 bits per heavy atom. The van der Waals surface area contributed by atoms with Gasteiger partial charge in [-0.3, -0.25) is 4.90 Å². The van der Waals surface area contributed by atoms with Gasteiger partial charge in [-0.1, -0.05) is 64.8 Å². The Hall–Kier alpha value is -3.45. The average molecular weight is 418 g/mol. The predicted octanol–water partition coefficient (Wildman–Crippen LogP) is 4.50. The van der Waals surface area contributed by atoms with Crippen LogP contribution in [0.3, 0.4) is 0 Å². The summed E-state index contributed by atoms with van der Waals surface area (Å²) >= 11 is 0. The summed E-state index contributed by atoms with van der Waals surface area (Å²) in [6.45, 7) is 6.82. The number of carbonyl (C=O) groups excluding carboxylic acids is 1. The van der Waals surface area contributed by atoms with Crippen molar-refractivity contribution in [2.24, 2.45) is 0 Å². The molecule has 0 radical (unpaired) electrons. The van der Waals surface area contributed by atoms with Gasteiger partial charge >= 0.3 is 6.03 Å². The Balaban J connectivity index is 1.78. The molecule has 7 nitrogen and oxygen atoms in total. The van der Waals surface area contributed by atoms with Crippen LogP contribution >= 0.6 is 0 Å². The number of aromatic nitrogens is 2. The van der Waals surface area contributed by atoms with Crippen LogP contribution in [0.15, 0.2) is 58.8 Å². The molecule has 0 saturated heterocycles. The fourth-order valence-electron chi connectivity index (χ4n) is 3.67. The Kier molecular flexibility index (Phi) is 5.86. The van der Waals surface area contributed by atoms with Gasteiger partial charge in [-0.2, -0.15) is 4.98 Å². The second-order valence-electron chi connectivity index (χ2n) is 7.73. The van der Waals surface area contributed by atoms with E-state index in [0.29, 0.717) is 24.9 Å². The van der Waals surface area contributed by atoms with Crippen molar-refractivity contribution in [3.63, 3.8) is 0 Å². The summed E-state index contributed by atoms with van der Waals surface area (Å²) < 4.78 is 10.9. The van der Waals surface area contributed by atoms with Gasteiger partial charge in [-0.25, -0.2) is 4.79 Å². The number of allylic oxidation sites excluding steroid dienone is 1. The van der Waals surface area contributed by atoms with Gasteiger partial charge in [0.05, 0.1) is 24.8 Å². The average Bonchev–Trinajstić information content (AvgIpc) is 3.24. The molecule has 1 N–H and O–H groups in total. The highest BCUT2D eigenvalue weighted by Gasteiger charge is 2.35. The predicted molar refractivity (Wildman–Crippen MR) is 118 cm³/mol. The monoisotopic (exact) mass is 418 g/mol. The molecule has 1 atom stereocenters. The third kappa shape index (κ3) is 4.22. The number of carbonyl (C=O) groups is 1. The van der Waals surface area contributed by atoms with E-state index in [2.05, 4.69) is 15.5 Å². The number of hydrogen-bond acceptors (Lipinski definition) is 5. The topological polar surface area (TPSA) is 80.5 Å². The van der Waals surface area contributed by atoms with Gasteiger partial charge in [-0.05, 0) is 26.3 Å². The molecule has 3 aromatic rings. The lowest BCUT2D eigenvalue weighted by atomic mass is 9.94. The summed E-state index contributed by atoms with van der Waals surface area (Å²) in [4.78, 5) is 19.2. The van der Waals surface area contributed by atoms with E-state index in [0.717, 1.165) is 33.5 Å². The Morgan fingerprint density at radius 3 is 2.32 bits per heavy atom. The number of nitrogens with one attached hydrogen (secondary N) is 1. The summed E-state index contributed by atoms with van der Waals surface area (Å²) in [5, 5.41) is 7.29. The number of hydrogen-bond donors (Lipinski definition) is 1. The summed E-state index contributed by atoms with van der Waals surface area (Å²) in [5.74, 6) is 0.902. The summed E-state index contributed by atoms with van der Waals surface area (Å²) in [6.07, 6.45) is 0. The lowest BCUT2D eigenvalue weighted by Crippen LogP contribution is -2.47. The van der Waals surface area contributed by atoms with Crippen LogP contribution in [-0.4, -0.2) is 41.3 Å². The molecule has 2 amide bonds. The third-order valence-electron chi connectivity index (χ3n) is 5.49. The van der Waals surface area contributed by atoms with Gasteiger partial charge < -0.3 is 14.6 Å². The maximum absolute atomic E-state index is 12.9. The van der Waals surface area contributed by atoms with Crippen LogP contribution in [0.25, 0.3) is 17.0 Å². The van der Waals surface area contributed by atoms with Gasteiger partial charge in [0.15, 0.2) is 0 Å². The quantitative estimate of drug-likeness (QED) is 0.638. The molecule has 0 aliphatic carbocycles. The van der Waals surface area contributed by atoms with Gasteiger partial charge in [-0.15, -0.1) is 0 Å². The van der Waals surface area contributed by atoms with E-state index in [1.807, 2.05) is 69.3 Å². The number of nitrogens with zero attached hydrogens (tertiary/aromatic N) is 3. The SMILES string of the molecule is COCCN1C(=O)NC(c2ccc(C)cc2)C(c2nc(-c3ccc(C)cc3)no2)=C1C. The van der Waals surface area contributed by atoms with Crippen molar-refractivity contribution in [1.82, 2.24) is 20.4 Å². The normalized spacial score (nSPS) is 16.6. The highest BCUT2D eigenvalue weighted by molar-refractivity contribution is 5.86. The van der Waals surface area contributed by atoms with Crippen molar-refractivity contribution in [3.8, 4) is 11.4 Å². The van der Waals surface area contributed by atoms with Crippen molar-refractivity contribution >= 4 is 11.6 Å². The minimum Gasteiger partial charge on any atom is -0.383 e. The number of aryl methyl sites for hydroxylation is 2. The molecule has 1 unspecified atom stereocenters. The number of urea groups is 1. The van der Waals surface area contributed by atoms with Crippen LogP contribution in [0.4, 0.5) is 4.79 Å². The van der Waals surface area contributed by atoms with Crippen LogP contribution < -0.4 is 5.32 Å². The molecule has 1 aliphatic rings. The molecule has 7 heteroatoms. The minimum absolute atomic E-state index is 0.179. The van der Waals surface area contributed by atoms with E-state index >= 15 is 0 Å². The van der Waals surface area contributed by atoms with Crippen molar-refractivity contribution in [2.75, 3.05) is 20.3 Å². The van der Waals surface area contributed by atoms with Crippen LogP contribution in [0, 0.1) is 13.8 Å². The molecule has 1 aliphatic heterocycles. The van der Waals surface area contributed by atoms with Crippen molar-refractivity contribution in [3.05, 3.63) is 76.8 Å². The van der Waals surface area contributed by atoms with Crippen LogP contribution in [-0.2, 0) is 4.74 Å². The molecule has 2 aromatic carbocycles. The third-order valence-corrected chi connectivity index (χ3v) is 5.49. The van der Waals surface area contributed by atoms with Crippen molar-refractivity contribution in [1.29, 1.82) is 0 Å². The van der Waals surface area contributed by atoms with E-state index in [4.69, 9.17) is 9.26 Å². The Bertz CT molecular complexity index is 1100. The number of methoxy groups -OCH3 is 1. The van der Waals surface area contributed by atoms with E-state index in [9.17, 15) is 4.79 Å². The van der Waals surface area contributed by atoms with Crippen molar-refractivity contribution in [2.45, 2.75) is 26.8 Å². The zero-order valence-electron chi connectivity index (χ0n) is 18.2. The fraction of sp³-hybridized carbons (Fsp3) is 0.292. The molecule has 0 fully saturated rings. The largest absolute Gasteiger partial charge is 0.383 e. The standard InChI is InChI=1S/C24H26N4O3/c1-15-5-9-18(10-6-15)21-20(17(3)28(13-14-30-4)24(29)25-21)23-26-22(27-31-23)19-11-7-16(2)8-12-19/h5-12,21H,13-14H2,1-4H3,(H,25,29). The first kappa shape index (κ1) is 20.8. The van der Waals surface area contributed by atoms with Gasteiger partial charge in [0.1, 0.15) is 0 Å². The molecule has 0 spiro atoms. The molecule has 2 heterocycles. The zero-order valence-corrected chi connectivity index (χ0v) is 18.2. The Morgan fingerprint density at radius 1 is 1.03 bits per heavy atom. The van der Waals surface area contributed by atoms with E-state index in [1.165, 1.54) is 0 Å². The van der Waals surface area contributed by atoms with Gasteiger partial charge in [0.2, 0.25) is 5.82 Å². The molecule has 160 valence electrons. The van der Waals surface area contributed by atoms with Crippen LogP contribution in [0.5, 0.6) is 0 Å². The van der Waals surface area contributed by atoms with E-state index in [1.54, 1.807) is 12.0 Å². The molecular formula is C24H26N4O3. The van der Waals surface area contributed by atoms with E-state index < -0.39 is 6.04 Å². The van der Waals surface area contributed by atoms with Crippen LogP contribution in [0.2, 0.25) is 0 Å². The van der Waals surface area contributed by atoms with Crippen molar-refractivity contribution < 1.29 is 14.1 Å². The smallest absolute Gasteiger partial charge is 0.322 e. The second-order valence-corrected chi connectivity index (χ2v) is 7.73. The molecule has 0 bridgehead atoms. The summed E-state index contributed by atoms with van der Waals surface area (Å²) in [5.41, 5.74) is 5.69. The fourth-order valence-corrected chi connectivity index (χ4v) is 3.67. The highest BCUT2D eigenvalue weighted by Crippen LogP contribution is 2.37. The highest BCUT2D eigenvalue weighted by atomic mass is 16.5. The lowest BCUT2D eigenvalue weighted by Gasteiger charge is -2.35. The first-order chi connectivity index (χ1) is 15.0. The number of benzene rings is 2. The first-order valence-electron chi connectivity index (χ1n) is 10.2. The second kappa shape index (κ2) is 8.73. The number of amides is 2. The summed E-state index contributed by atoms with van der Waals surface area (Å²) in [7, 11) is 1.61. The lowest BCUT2D eigenvalue weighted by molar-refractivity contribution is 0.158. The van der Waals surface area contributed by atoms with Crippen LogP contribution in [0.1, 0.15) is 35.5 Å². The number of rotatable bonds is 6. The van der Waals surface area contributed by atoms with E-state index in [-0.39, 0.29) is 6.03 Å². The first-order valence-corrected chi connectivity index (χ1v) is 10.2. The minimum atomic E-state index is -0.391. The molecular weight excluding hydrogens is 392 g/mol. The summed E-state index contributed by atoms with van der Waals surface area (Å²) in [6, 6.07) is 15.5. The molecule has 0 saturated carbocycles. The molecule has 4 rings (SSSR count). The molecule has 1 aromatic heterocycles.